The molecule has 0 saturated carbocycles. The van der Waals surface area contributed by atoms with E-state index in [4.69, 9.17) is 0 Å². The van der Waals surface area contributed by atoms with Gasteiger partial charge in [-0.3, -0.25) is 10.1 Å². The van der Waals surface area contributed by atoms with Crippen LogP contribution in [0, 0.1) is 10.1 Å². The lowest BCUT2D eigenvalue weighted by Crippen LogP contribution is -2.03. The first-order chi connectivity index (χ1) is 10.7. The second-order valence-corrected chi connectivity index (χ2v) is 5.44. The first kappa shape index (κ1) is 14.2. The van der Waals surface area contributed by atoms with Crippen molar-refractivity contribution in [1.29, 1.82) is 0 Å². The molecule has 0 aliphatic rings. The summed E-state index contributed by atoms with van der Waals surface area (Å²) in [7, 11) is 0. The zero-order valence-electron chi connectivity index (χ0n) is 11.4. The molecule has 0 N–H and O–H groups in total. The summed E-state index contributed by atoms with van der Waals surface area (Å²) in [5.41, 5.74) is 1.10. The quantitative estimate of drug-likeness (QED) is 0.532. The molecule has 0 aliphatic heterocycles. The fraction of sp³-hybridized carbons (Fsp3) is 0.0714. The van der Waals surface area contributed by atoms with Crippen LogP contribution in [0.2, 0.25) is 0 Å². The molecule has 8 heteroatoms. The van der Waals surface area contributed by atoms with Crippen LogP contribution in [-0.2, 0) is 6.54 Å². The van der Waals surface area contributed by atoms with E-state index < -0.39 is 4.92 Å². The van der Waals surface area contributed by atoms with Gasteiger partial charge in [0.1, 0.15) is 0 Å². The molecule has 1 aromatic heterocycles. The van der Waals surface area contributed by atoms with Crippen LogP contribution >= 0.6 is 11.8 Å². The second-order valence-electron chi connectivity index (χ2n) is 4.43. The summed E-state index contributed by atoms with van der Waals surface area (Å²) in [5.74, 6) is 0. The first-order valence-corrected chi connectivity index (χ1v) is 7.27. The fourth-order valence-electron chi connectivity index (χ4n) is 1.92. The molecule has 0 saturated heterocycles. The van der Waals surface area contributed by atoms with Crippen molar-refractivity contribution < 1.29 is 4.92 Å². The number of para-hydroxylation sites is 1. The molecular formula is C14H11N5O2S. The van der Waals surface area contributed by atoms with Crippen molar-refractivity contribution in [2.75, 3.05) is 0 Å². The van der Waals surface area contributed by atoms with Gasteiger partial charge < -0.3 is 0 Å². The summed E-state index contributed by atoms with van der Waals surface area (Å²) in [6.45, 7) is 0.511. The van der Waals surface area contributed by atoms with Crippen LogP contribution in [0.4, 0.5) is 5.69 Å². The number of nitro benzene ring substituents is 1. The smallest absolute Gasteiger partial charge is 0.258 e. The predicted molar refractivity (Wildman–Crippen MR) is 80.6 cm³/mol. The van der Waals surface area contributed by atoms with Gasteiger partial charge in [-0.2, -0.15) is 0 Å². The lowest BCUT2D eigenvalue weighted by atomic mass is 10.2. The topological polar surface area (TPSA) is 86.7 Å². The Kier molecular flexibility index (Phi) is 4.10. The maximum atomic E-state index is 11.1. The van der Waals surface area contributed by atoms with Crippen molar-refractivity contribution in [3.63, 3.8) is 0 Å². The first-order valence-electron chi connectivity index (χ1n) is 6.45. The normalized spacial score (nSPS) is 10.5. The molecule has 0 radical (unpaired) electrons. The molecule has 7 nitrogen and oxygen atoms in total. The summed E-state index contributed by atoms with van der Waals surface area (Å²) in [6, 6.07) is 16.3. The van der Waals surface area contributed by atoms with Gasteiger partial charge in [0.15, 0.2) is 0 Å². The third-order valence-corrected chi connectivity index (χ3v) is 3.98. The Balaban J connectivity index is 1.86. The SMILES string of the molecule is O=[N+]([O-])c1ccccc1Sc1nnnn1Cc1ccccc1. The molecule has 0 unspecified atom stereocenters. The maximum Gasteiger partial charge on any atom is 0.283 e. The van der Waals surface area contributed by atoms with Gasteiger partial charge >= 0.3 is 0 Å². The van der Waals surface area contributed by atoms with E-state index in [9.17, 15) is 10.1 Å². The van der Waals surface area contributed by atoms with Crippen LogP contribution in [-0.4, -0.2) is 25.1 Å². The minimum absolute atomic E-state index is 0.0433. The lowest BCUT2D eigenvalue weighted by molar-refractivity contribution is -0.387. The monoisotopic (exact) mass is 313 g/mol. The van der Waals surface area contributed by atoms with Crippen LogP contribution in [0.5, 0.6) is 0 Å². The number of nitrogens with zero attached hydrogens (tertiary/aromatic N) is 5. The third kappa shape index (κ3) is 3.12. The molecular weight excluding hydrogens is 302 g/mol. The Bertz CT molecular complexity index is 791. The second kappa shape index (κ2) is 6.35. The average molecular weight is 313 g/mol. The van der Waals surface area contributed by atoms with Crippen LogP contribution in [0.1, 0.15) is 5.56 Å². The van der Waals surface area contributed by atoms with Gasteiger partial charge in [0.2, 0.25) is 5.16 Å². The van der Waals surface area contributed by atoms with E-state index in [0.717, 1.165) is 5.56 Å². The molecule has 0 spiro atoms. The van der Waals surface area contributed by atoms with Gasteiger partial charge in [0.05, 0.1) is 16.4 Å². The molecule has 2 aromatic carbocycles. The number of hydrogen-bond acceptors (Lipinski definition) is 6. The summed E-state index contributed by atoms with van der Waals surface area (Å²) >= 11 is 1.18. The minimum Gasteiger partial charge on any atom is -0.258 e. The van der Waals surface area contributed by atoms with Crippen molar-refractivity contribution in [2.45, 2.75) is 16.6 Å². The largest absolute Gasteiger partial charge is 0.283 e. The molecule has 0 bridgehead atoms. The van der Waals surface area contributed by atoms with Crippen molar-refractivity contribution in [3.05, 3.63) is 70.3 Å². The maximum absolute atomic E-state index is 11.1. The van der Waals surface area contributed by atoms with Crippen molar-refractivity contribution in [2.24, 2.45) is 0 Å². The van der Waals surface area contributed by atoms with E-state index in [1.807, 2.05) is 30.3 Å². The highest BCUT2D eigenvalue weighted by Crippen LogP contribution is 2.33. The Morgan fingerprint density at radius 1 is 1.09 bits per heavy atom. The number of tetrazole rings is 1. The molecule has 0 aliphatic carbocycles. The highest BCUT2D eigenvalue weighted by molar-refractivity contribution is 7.99. The Morgan fingerprint density at radius 3 is 2.59 bits per heavy atom. The minimum atomic E-state index is -0.409. The molecule has 1 heterocycles. The molecule has 3 rings (SSSR count). The molecule has 3 aromatic rings. The highest BCUT2D eigenvalue weighted by Gasteiger charge is 2.17. The molecule has 22 heavy (non-hydrogen) atoms. The van der Waals surface area contributed by atoms with Crippen LogP contribution in [0.25, 0.3) is 0 Å². The zero-order chi connectivity index (χ0) is 15.4. The zero-order valence-corrected chi connectivity index (χ0v) is 12.2. The van der Waals surface area contributed by atoms with Gasteiger partial charge in [-0.05, 0) is 33.8 Å². The Morgan fingerprint density at radius 2 is 1.82 bits per heavy atom. The number of aromatic nitrogens is 4. The predicted octanol–water partition coefficient (Wildman–Crippen LogP) is 2.78. The summed E-state index contributed by atoms with van der Waals surface area (Å²) in [4.78, 5) is 11.2. The Hall–Kier alpha value is -2.74. The van der Waals surface area contributed by atoms with Crippen LogP contribution in [0.3, 0.4) is 0 Å². The van der Waals surface area contributed by atoms with E-state index in [1.165, 1.54) is 17.8 Å². The van der Waals surface area contributed by atoms with E-state index in [2.05, 4.69) is 15.5 Å². The average Bonchev–Trinajstić information content (AvgIpc) is 2.96. The molecule has 110 valence electrons. The molecule has 0 fully saturated rings. The fourth-order valence-corrected chi connectivity index (χ4v) is 2.79. The van der Waals surface area contributed by atoms with Gasteiger partial charge in [0.25, 0.3) is 5.69 Å². The van der Waals surface area contributed by atoms with E-state index in [0.29, 0.717) is 16.6 Å². The van der Waals surface area contributed by atoms with Crippen LogP contribution in [0.15, 0.2) is 64.6 Å². The molecule has 0 atom stereocenters. The van der Waals surface area contributed by atoms with E-state index in [-0.39, 0.29) is 5.69 Å². The van der Waals surface area contributed by atoms with Crippen molar-refractivity contribution >= 4 is 17.4 Å². The third-order valence-electron chi connectivity index (χ3n) is 2.94. The van der Waals surface area contributed by atoms with E-state index in [1.54, 1.807) is 22.9 Å². The van der Waals surface area contributed by atoms with Gasteiger partial charge in [-0.1, -0.05) is 42.5 Å². The van der Waals surface area contributed by atoms with Crippen molar-refractivity contribution in [1.82, 2.24) is 20.2 Å². The van der Waals surface area contributed by atoms with Gasteiger partial charge in [-0.25, -0.2) is 4.68 Å². The lowest BCUT2D eigenvalue weighted by Gasteiger charge is -2.04. The van der Waals surface area contributed by atoms with Crippen molar-refractivity contribution in [3.8, 4) is 0 Å². The summed E-state index contributed by atoms with van der Waals surface area (Å²) < 4.78 is 1.62. The Labute approximate surface area is 130 Å². The standard InChI is InChI=1S/C14H11N5O2S/c20-19(21)12-8-4-5-9-13(12)22-14-15-16-17-18(14)10-11-6-2-1-3-7-11/h1-9H,10H2. The molecule has 0 amide bonds. The number of nitro groups is 1. The number of rotatable bonds is 5. The summed E-state index contributed by atoms with van der Waals surface area (Å²) in [5, 5.41) is 23.1. The highest BCUT2D eigenvalue weighted by atomic mass is 32.2. The summed E-state index contributed by atoms with van der Waals surface area (Å²) in [6.07, 6.45) is 0. The number of benzene rings is 2. The number of hydrogen-bond donors (Lipinski definition) is 0. The van der Waals surface area contributed by atoms with Crippen LogP contribution < -0.4 is 0 Å². The van der Waals surface area contributed by atoms with Gasteiger partial charge in [0, 0.05) is 6.07 Å². The van der Waals surface area contributed by atoms with Gasteiger partial charge in [-0.15, -0.1) is 5.10 Å². The van der Waals surface area contributed by atoms with E-state index >= 15 is 0 Å².